The van der Waals surface area contributed by atoms with Crippen molar-refractivity contribution in [3.8, 4) is 6.07 Å². The summed E-state index contributed by atoms with van der Waals surface area (Å²) in [5.74, 6) is 0. The molecule has 3 heteroatoms. The van der Waals surface area contributed by atoms with Gasteiger partial charge in [-0.05, 0) is 49.0 Å². The van der Waals surface area contributed by atoms with E-state index in [2.05, 4.69) is 27.8 Å². The molecule has 0 radical (unpaired) electrons. The maximum absolute atomic E-state index is 9.05. The molecule has 1 aliphatic rings. The molecule has 2 aromatic rings. The fraction of sp³-hybridized carbons (Fsp3) is 0.429. The van der Waals surface area contributed by atoms with Crippen LogP contribution in [0.3, 0.4) is 0 Å². The maximum Gasteiger partial charge on any atom is 0.0991 e. The Morgan fingerprint density at radius 2 is 1.54 bits per heavy atom. The molecule has 24 heavy (non-hydrogen) atoms. The highest BCUT2D eigenvalue weighted by molar-refractivity contribution is 5.69. The van der Waals surface area contributed by atoms with Crippen LogP contribution in [-0.2, 0) is 0 Å². The number of aromatic nitrogens is 2. The molecule has 0 saturated heterocycles. The third kappa shape index (κ3) is 4.14. The normalized spacial score (nSPS) is 16.4. The molecule has 124 valence electrons. The second-order valence-corrected chi connectivity index (χ2v) is 6.59. The van der Waals surface area contributed by atoms with Gasteiger partial charge in [0.25, 0.3) is 0 Å². The number of hydrogen-bond donors (Lipinski definition) is 0. The van der Waals surface area contributed by atoms with Gasteiger partial charge in [0.15, 0.2) is 0 Å². The summed E-state index contributed by atoms with van der Waals surface area (Å²) >= 11 is 0. The fourth-order valence-corrected chi connectivity index (χ4v) is 3.55. The number of rotatable bonds is 2. The SMILES string of the molecule is N#Cc1ccc(C(=C2CCCCCCCCC2)n2ccnc2)cc1. The summed E-state index contributed by atoms with van der Waals surface area (Å²) in [7, 11) is 0. The Morgan fingerprint density at radius 1 is 0.917 bits per heavy atom. The molecule has 1 aromatic heterocycles. The predicted octanol–water partition coefficient (Wildman–Crippen LogP) is 5.54. The Labute approximate surface area is 144 Å². The summed E-state index contributed by atoms with van der Waals surface area (Å²) in [6, 6.07) is 10.2. The molecule has 0 atom stereocenters. The molecule has 1 aromatic carbocycles. The van der Waals surface area contributed by atoms with Gasteiger partial charge in [-0.3, -0.25) is 0 Å². The molecule has 0 amide bonds. The van der Waals surface area contributed by atoms with E-state index in [0.717, 1.165) is 12.8 Å². The minimum Gasteiger partial charge on any atom is -0.306 e. The van der Waals surface area contributed by atoms with E-state index in [4.69, 9.17) is 5.26 Å². The highest BCUT2D eigenvalue weighted by Gasteiger charge is 2.13. The number of nitrogens with zero attached hydrogens (tertiary/aromatic N) is 3. The molecule has 0 N–H and O–H groups in total. The highest BCUT2D eigenvalue weighted by Crippen LogP contribution is 2.30. The smallest absolute Gasteiger partial charge is 0.0991 e. The van der Waals surface area contributed by atoms with Crippen molar-refractivity contribution >= 4 is 5.70 Å². The molecule has 0 spiro atoms. The van der Waals surface area contributed by atoms with Crippen LogP contribution in [0.1, 0.15) is 68.9 Å². The van der Waals surface area contributed by atoms with Crippen molar-refractivity contribution in [1.29, 1.82) is 5.26 Å². The highest BCUT2D eigenvalue weighted by atomic mass is 15.0. The zero-order valence-corrected chi connectivity index (χ0v) is 14.2. The van der Waals surface area contributed by atoms with Gasteiger partial charge in [-0.15, -0.1) is 0 Å². The number of nitriles is 1. The van der Waals surface area contributed by atoms with E-state index >= 15 is 0 Å². The Balaban J connectivity index is 1.99. The molecule has 1 fully saturated rings. The van der Waals surface area contributed by atoms with Gasteiger partial charge >= 0.3 is 0 Å². The quantitative estimate of drug-likeness (QED) is 0.729. The van der Waals surface area contributed by atoms with E-state index in [1.807, 2.05) is 30.9 Å². The third-order valence-electron chi connectivity index (χ3n) is 4.84. The first-order valence-electron chi connectivity index (χ1n) is 9.09. The van der Waals surface area contributed by atoms with Crippen LogP contribution < -0.4 is 0 Å². The molecule has 1 aliphatic carbocycles. The van der Waals surface area contributed by atoms with Crippen LogP contribution >= 0.6 is 0 Å². The Bertz CT molecular complexity index is 691. The van der Waals surface area contributed by atoms with Crippen LogP contribution in [0.5, 0.6) is 0 Å². The predicted molar refractivity (Wildman–Crippen MR) is 97.3 cm³/mol. The van der Waals surface area contributed by atoms with Gasteiger partial charge in [0.2, 0.25) is 0 Å². The number of allylic oxidation sites excluding steroid dienone is 1. The number of benzene rings is 1. The van der Waals surface area contributed by atoms with E-state index in [1.165, 1.54) is 61.8 Å². The van der Waals surface area contributed by atoms with Crippen molar-refractivity contribution in [2.75, 3.05) is 0 Å². The van der Waals surface area contributed by atoms with Crippen molar-refractivity contribution in [2.24, 2.45) is 0 Å². The molecular weight excluding hydrogens is 294 g/mol. The van der Waals surface area contributed by atoms with Crippen LogP contribution in [-0.4, -0.2) is 9.55 Å². The zero-order valence-electron chi connectivity index (χ0n) is 14.2. The molecule has 0 unspecified atom stereocenters. The molecule has 1 saturated carbocycles. The lowest BCUT2D eigenvalue weighted by Crippen LogP contribution is -2.03. The third-order valence-corrected chi connectivity index (χ3v) is 4.84. The number of imidazole rings is 1. The average Bonchev–Trinajstić information content (AvgIpc) is 3.15. The van der Waals surface area contributed by atoms with Gasteiger partial charge in [0.1, 0.15) is 0 Å². The summed E-state index contributed by atoms with van der Waals surface area (Å²) in [4.78, 5) is 4.25. The first-order valence-corrected chi connectivity index (χ1v) is 9.09. The van der Waals surface area contributed by atoms with Crippen molar-refractivity contribution in [3.63, 3.8) is 0 Å². The Kier molecular flexibility index (Phi) is 5.85. The largest absolute Gasteiger partial charge is 0.306 e. The molecule has 3 rings (SSSR count). The van der Waals surface area contributed by atoms with Crippen molar-refractivity contribution in [1.82, 2.24) is 9.55 Å². The van der Waals surface area contributed by atoms with Crippen LogP contribution in [0.2, 0.25) is 0 Å². The van der Waals surface area contributed by atoms with Gasteiger partial charge in [0.05, 0.1) is 23.7 Å². The summed E-state index contributed by atoms with van der Waals surface area (Å²) in [5.41, 5.74) is 4.68. The van der Waals surface area contributed by atoms with Crippen molar-refractivity contribution < 1.29 is 0 Å². The van der Waals surface area contributed by atoms with Crippen LogP contribution in [0.4, 0.5) is 0 Å². The standard InChI is InChI=1S/C21H25N3/c22-16-18-10-12-20(13-11-18)21(24-15-14-23-17-24)19-8-6-4-2-1-3-5-7-9-19/h10-15,17H,1-9H2. The van der Waals surface area contributed by atoms with E-state index in [9.17, 15) is 0 Å². The lowest BCUT2D eigenvalue weighted by atomic mass is 9.93. The van der Waals surface area contributed by atoms with Crippen molar-refractivity contribution in [2.45, 2.75) is 57.8 Å². The molecule has 3 nitrogen and oxygen atoms in total. The second-order valence-electron chi connectivity index (χ2n) is 6.59. The van der Waals surface area contributed by atoms with E-state index in [-0.39, 0.29) is 0 Å². The van der Waals surface area contributed by atoms with Gasteiger partial charge in [-0.2, -0.15) is 5.26 Å². The average molecular weight is 319 g/mol. The topological polar surface area (TPSA) is 41.6 Å². The first-order chi connectivity index (χ1) is 11.9. The van der Waals surface area contributed by atoms with Gasteiger partial charge in [-0.25, -0.2) is 4.98 Å². The molecule has 1 heterocycles. The van der Waals surface area contributed by atoms with Crippen LogP contribution in [0.25, 0.3) is 5.70 Å². The lowest BCUT2D eigenvalue weighted by Gasteiger charge is -2.18. The lowest BCUT2D eigenvalue weighted by molar-refractivity contribution is 0.551. The zero-order chi connectivity index (χ0) is 16.6. The fourth-order valence-electron chi connectivity index (χ4n) is 3.55. The molecule has 0 bridgehead atoms. The summed E-state index contributed by atoms with van der Waals surface area (Å²) in [6.45, 7) is 0. The minimum absolute atomic E-state index is 0.708. The van der Waals surface area contributed by atoms with Crippen LogP contribution in [0, 0.1) is 11.3 Å². The van der Waals surface area contributed by atoms with Crippen LogP contribution in [0.15, 0.2) is 48.6 Å². The van der Waals surface area contributed by atoms with Gasteiger partial charge < -0.3 is 4.57 Å². The summed E-state index contributed by atoms with van der Waals surface area (Å²) < 4.78 is 2.14. The first kappa shape index (κ1) is 16.5. The monoisotopic (exact) mass is 319 g/mol. The van der Waals surface area contributed by atoms with Gasteiger partial charge in [-0.1, -0.05) is 44.2 Å². The molecular formula is C21H25N3. The minimum atomic E-state index is 0.708. The van der Waals surface area contributed by atoms with Gasteiger partial charge in [0, 0.05) is 12.4 Å². The van der Waals surface area contributed by atoms with E-state index in [1.54, 1.807) is 0 Å². The Morgan fingerprint density at radius 3 is 2.08 bits per heavy atom. The number of hydrogen-bond acceptors (Lipinski definition) is 2. The summed E-state index contributed by atoms with van der Waals surface area (Å²) in [5, 5.41) is 9.05. The van der Waals surface area contributed by atoms with E-state index < -0.39 is 0 Å². The second kappa shape index (κ2) is 8.49. The maximum atomic E-state index is 9.05. The van der Waals surface area contributed by atoms with Crippen molar-refractivity contribution in [3.05, 3.63) is 59.7 Å². The molecule has 0 aliphatic heterocycles. The van der Waals surface area contributed by atoms with E-state index in [0.29, 0.717) is 5.56 Å². The Hall–Kier alpha value is -2.34. The summed E-state index contributed by atoms with van der Waals surface area (Å²) in [6.07, 6.45) is 17.4.